The molecule has 0 aliphatic heterocycles. The largest absolute Gasteiger partial charge is 0.489 e. The minimum absolute atomic E-state index is 0.191. The van der Waals surface area contributed by atoms with Crippen molar-refractivity contribution < 1.29 is 14.6 Å². The Hall–Kier alpha value is -2.50. The number of nitrogens with zero attached hydrogens (tertiary/aromatic N) is 1. The van der Waals surface area contributed by atoms with Crippen LogP contribution in [0.2, 0.25) is 10.0 Å². The number of aromatic amines is 1. The number of imidazole rings is 1. The van der Waals surface area contributed by atoms with E-state index in [1.165, 1.54) is 0 Å². The molecule has 0 amide bonds. The smallest absolute Gasteiger partial charge is 0.335 e. The highest BCUT2D eigenvalue weighted by atomic mass is 35.5. The number of ether oxygens (including phenoxy) is 1. The van der Waals surface area contributed by atoms with Crippen LogP contribution in [0.5, 0.6) is 5.75 Å². The number of unbranched alkanes of at least 4 members (excludes halogenated alkanes) is 1. The molecule has 3 aromatic rings. The Morgan fingerprint density at radius 1 is 1.07 bits per heavy atom. The zero-order valence-corrected chi connectivity index (χ0v) is 16.6. The summed E-state index contributed by atoms with van der Waals surface area (Å²) in [7, 11) is 0. The van der Waals surface area contributed by atoms with Crippen LogP contribution in [0.15, 0.2) is 48.8 Å². The third kappa shape index (κ3) is 5.50. The molecule has 2 N–H and O–H groups in total. The van der Waals surface area contributed by atoms with Crippen LogP contribution in [0.1, 0.15) is 40.2 Å². The van der Waals surface area contributed by atoms with Crippen LogP contribution >= 0.6 is 23.2 Å². The molecule has 2 aromatic carbocycles. The summed E-state index contributed by atoms with van der Waals surface area (Å²) in [5.41, 5.74) is 1.95. The molecule has 1 aromatic heterocycles. The maximum atomic E-state index is 11.3. The number of H-pyrrole nitrogens is 1. The molecule has 0 saturated heterocycles. The van der Waals surface area contributed by atoms with Crippen LogP contribution < -0.4 is 4.74 Å². The van der Waals surface area contributed by atoms with Crippen molar-refractivity contribution in [3.05, 3.63) is 81.4 Å². The van der Waals surface area contributed by atoms with Crippen LogP contribution in [0.25, 0.3) is 0 Å². The lowest BCUT2D eigenvalue weighted by molar-refractivity contribution is 0.0696. The van der Waals surface area contributed by atoms with E-state index in [1.807, 2.05) is 12.3 Å². The van der Waals surface area contributed by atoms with Gasteiger partial charge < -0.3 is 14.8 Å². The molecule has 0 atom stereocenters. The molecule has 0 saturated carbocycles. The fourth-order valence-corrected chi connectivity index (χ4v) is 3.33. The number of hydrogen-bond donors (Lipinski definition) is 2. The number of aromatic nitrogens is 2. The summed E-state index contributed by atoms with van der Waals surface area (Å²) in [6.07, 6.45) is 7.12. The van der Waals surface area contributed by atoms with Gasteiger partial charge in [-0.1, -0.05) is 35.3 Å². The number of aromatic carboxylic acids is 1. The van der Waals surface area contributed by atoms with Crippen molar-refractivity contribution in [3.8, 4) is 5.75 Å². The van der Waals surface area contributed by atoms with E-state index in [9.17, 15) is 9.90 Å². The summed E-state index contributed by atoms with van der Waals surface area (Å²) >= 11 is 12.1. The van der Waals surface area contributed by atoms with Crippen molar-refractivity contribution in [2.75, 3.05) is 0 Å². The van der Waals surface area contributed by atoms with Crippen LogP contribution in [-0.2, 0) is 19.4 Å². The van der Waals surface area contributed by atoms with Crippen LogP contribution in [0.4, 0.5) is 0 Å². The monoisotopic (exact) mass is 418 g/mol. The lowest BCUT2D eigenvalue weighted by Crippen LogP contribution is -2.03. The Morgan fingerprint density at radius 2 is 1.86 bits per heavy atom. The highest BCUT2D eigenvalue weighted by Gasteiger charge is 2.11. The fourth-order valence-electron chi connectivity index (χ4n) is 2.87. The highest BCUT2D eigenvalue weighted by Crippen LogP contribution is 2.26. The molecule has 0 fully saturated rings. The highest BCUT2D eigenvalue weighted by molar-refractivity contribution is 6.35. The number of aryl methyl sites for hydroxylation is 2. The van der Waals surface area contributed by atoms with Crippen LogP contribution in [-0.4, -0.2) is 21.0 Å². The maximum absolute atomic E-state index is 11.3. The standard InChI is InChI=1S/C21H20Cl2N2O3/c22-17-8-7-16(18(23)12-17)13-28-19-11-15(21(26)27)6-5-14(19)3-1-2-4-20-24-9-10-25-20/h5-12H,1-4,13H2,(H,24,25)(H,26,27). The Kier molecular flexibility index (Phi) is 6.95. The molecule has 5 nitrogen and oxygen atoms in total. The van der Waals surface area contributed by atoms with E-state index in [0.29, 0.717) is 15.8 Å². The molecule has 28 heavy (non-hydrogen) atoms. The second-order valence-corrected chi connectivity index (χ2v) is 7.24. The third-order valence-corrected chi connectivity index (χ3v) is 4.96. The molecule has 3 rings (SSSR count). The van der Waals surface area contributed by atoms with Gasteiger partial charge >= 0.3 is 5.97 Å². The predicted molar refractivity (Wildman–Crippen MR) is 109 cm³/mol. The van der Waals surface area contributed by atoms with Crippen molar-refractivity contribution in [2.45, 2.75) is 32.3 Å². The Morgan fingerprint density at radius 3 is 2.57 bits per heavy atom. The average Bonchev–Trinajstić information content (AvgIpc) is 3.18. The van der Waals surface area contributed by atoms with Gasteiger partial charge in [-0.3, -0.25) is 0 Å². The maximum Gasteiger partial charge on any atom is 0.335 e. The number of carbonyl (C=O) groups is 1. The van der Waals surface area contributed by atoms with E-state index in [1.54, 1.807) is 36.5 Å². The molecule has 0 aliphatic carbocycles. The lowest BCUT2D eigenvalue weighted by atomic mass is 10.0. The van der Waals surface area contributed by atoms with Gasteiger partial charge in [0.1, 0.15) is 18.2 Å². The van der Waals surface area contributed by atoms with Gasteiger partial charge in [-0.2, -0.15) is 0 Å². The van der Waals surface area contributed by atoms with Gasteiger partial charge in [0.15, 0.2) is 0 Å². The molecule has 0 bridgehead atoms. The van der Waals surface area contributed by atoms with Crippen molar-refractivity contribution in [2.24, 2.45) is 0 Å². The molecule has 0 aliphatic rings. The van der Waals surface area contributed by atoms with E-state index in [2.05, 4.69) is 9.97 Å². The quantitative estimate of drug-likeness (QED) is 0.446. The normalized spacial score (nSPS) is 10.8. The van der Waals surface area contributed by atoms with E-state index >= 15 is 0 Å². The van der Waals surface area contributed by atoms with Gasteiger partial charge in [-0.15, -0.1) is 0 Å². The average molecular weight is 419 g/mol. The summed E-state index contributed by atoms with van der Waals surface area (Å²) in [6, 6.07) is 10.2. The Labute approximate surface area is 173 Å². The molecule has 0 unspecified atom stereocenters. The zero-order valence-electron chi connectivity index (χ0n) is 15.1. The van der Waals surface area contributed by atoms with Gasteiger partial charge in [0.05, 0.1) is 5.56 Å². The molecule has 0 radical (unpaired) electrons. The van der Waals surface area contributed by atoms with Gasteiger partial charge in [0, 0.05) is 34.4 Å². The van der Waals surface area contributed by atoms with E-state index < -0.39 is 5.97 Å². The first-order valence-corrected chi connectivity index (χ1v) is 9.69. The number of hydrogen-bond acceptors (Lipinski definition) is 3. The first-order chi connectivity index (χ1) is 13.5. The lowest BCUT2D eigenvalue weighted by Gasteiger charge is -2.13. The predicted octanol–water partition coefficient (Wildman–Crippen LogP) is 5.56. The topological polar surface area (TPSA) is 75.2 Å². The van der Waals surface area contributed by atoms with Gasteiger partial charge in [0.2, 0.25) is 0 Å². The second-order valence-electron chi connectivity index (χ2n) is 6.40. The first-order valence-electron chi connectivity index (χ1n) is 8.94. The van der Waals surface area contributed by atoms with E-state index in [0.717, 1.165) is 42.6 Å². The minimum atomic E-state index is -0.987. The van der Waals surface area contributed by atoms with Crippen LogP contribution in [0, 0.1) is 0 Å². The summed E-state index contributed by atoms with van der Waals surface area (Å²) in [5.74, 6) is 0.540. The summed E-state index contributed by atoms with van der Waals surface area (Å²) < 4.78 is 5.93. The summed E-state index contributed by atoms with van der Waals surface area (Å²) in [5, 5.41) is 10.3. The van der Waals surface area contributed by atoms with E-state index in [-0.39, 0.29) is 12.2 Å². The van der Waals surface area contributed by atoms with Gasteiger partial charge in [-0.05, 0) is 49.1 Å². The first kappa shape index (κ1) is 20.2. The summed E-state index contributed by atoms with van der Waals surface area (Å²) in [4.78, 5) is 18.6. The fraction of sp³-hybridized carbons (Fsp3) is 0.238. The van der Waals surface area contributed by atoms with Crippen molar-refractivity contribution in [1.82, 2.24) is 9.97 Å². The molecule has 7 heteroatoms. The SMILES string of the molecule is O=C(O)c1ccc(CCCCc2ncc[nH]2)c(OCc2ccc(Cl)cc2Cl)c1. The number of rotatable bonds is 9. The molecule has 0 spiro atoms. The molecule has 1 heterocycles. The molecule has 146 valence electrons. The number of carboxylic acids is 1. The van der Waals surface area contributed by atoms with Crippen LogP contribution in [0.3, 0.4) is 0 Å². The van der Waals surface area contributed by atoms with Crippen molar-refractivity contribution in [1.29, 1.82) is 0 Å². The number of halogens is 2. The number of carboxylic acid groups (broad SMARTS) is 1. The number of benzene rings is 2. The zero-order chi connectivity index (χ0) is 19.9. The Balaban J connectivity index is 1.67. The number of nitrogens with one attached hydrogen (secondary N) is 1. The van der Waals surface area contributed by atoms with Crippen molar-refractivity contribution in [3.63, 3.8) is 0 Å². The van der Waals surface area contributed by atoms with Crippen molar-refractivity contribution >= 4 is 29.2 Å². The second kappa shape index (κ2) is 9.62. The Bertz CT molecular complexity index is 943. The minimum Gasteiger partial charge on any atom is -0.489 e. The third-order valence-electron chi connectivity index (χ3n) is 4.38. The molecular formula is C21H20Cl2N2O3. The van der Waals surface area contributed by atoms with E-state index in [4.69, 9.17) is 27.9 Å². The molecular weight excluding hydrogens is 399 g/mol. The van der Waals surface area contributed by atoms with Gasteiger partial charge in [0.25, 0.3) is 0 Å². The van der Waals surface area contributed by atoms with Gasteiger partial charge in [-0.25, -0.2) is 9.78 Å². The summed E-state index contributed by atoms with van der Waals surface area (Å²) in [6.45, 7) is 0.235.